The summed E-state index contributed by atoms with van der Waals surface area (Å²) < 4.78 is 3.86. The third-order valence-corrected chi connectivity index (χ3v) is 1.12. The summed E-state index contributed by atoms with van der Waals surface area (Å²) in [6.45, 7) is 6.03. The van der Waals surface area contributed by atoms with Crippen LogP contribution in [0.5, 0.6) is 0 Å². The number of hydrogen-bond acceptors (Lipinski definition) is 3. The number of nitrogens with one attached hydrogen (secondary N) is 1. The Morgan fingerprint density at radius 2 is 1.82 bits per heavy atom. The fourth-order valence-electron chi connectivity index (χ4n) is 0.217. The summed E-state index contributed by atoms with van der Waals surface area (Å²) in [5, 5.41) is 7.03. The van der Waals surface area contributed by atoms with Gasteiger partial charge in [0.1, 0.15) is 0 Å². The van der Waals surface area contributed by atoms with Crippen molar-refractivity contribution in [3.8, 4) is 0 Å². The quantitative estimate of drug-likeness (QED) is 0.490. The van der Waals surface area contributed by atoms with E-state index in [4.69, 9.17) is 10.2 Å². The summed E-state index contributed by atoms with van der Waals surface area (Å²) in [6.07, 6.45) is 1.93. The van der Waals surface area contributed by atoms with Gasteiger partial charge >= 0.3 is 0 Å². The Kier molecular flexibility index (Phi) is 10.1. The maximum absolute atomic E-state index is 8.95. The molecule has 0 bridgehead atoms. The Morgan fingerprint density at radius 3 is 1.82 bits per heavy atom. The highest BCUT2D eigenvalue weighted by atomic mass is 16.5. The molecular weight excluding hydrogens is 142 g/mol. The minimum Gasteiger partial charge on any atom is -0.471 e. The zero-order valence-corrected chi connectivity index (χ0v) is 7.47. The lowest BCUT2D eigenvalue weighted by Crippen LogP contribution is -1.87. The Balaban J connectivity index is 0. The van der Waals surface area contributed by atoms with Crippen LogP contribution in [0.4, 0.5) is 0 Å². The van der Waals surface area contributed by atoms with Crippen LogP contribution in [0.25, 0.3) is 0 Å². The third kappa shape index (κ3) is 12.2. The van der Waals surface area contributed by atoms with E-state index < -0.39 is 0 Å². The summed E-state index contributed by atoms with van der Waals surface area (Å²) in [5.74, 6) is 0. The van der Waals surface area contributed by atoms with Crippen molar-refractivity contribution in [2.45, 2.75) is 20.8 Å². The molecule has 11 heavy (non-hydrogen) atoms. The van der Waals surface area contributed by atoms with Crippen LogP contribution < -0.4 is 0 Å². The number of ether oxygens (including phenoxy) is 1. The molecule has 0 unspecified atom stereocenters. The number of carbonyl (C=O) groups excluding carboxylic acids is 1. The van der Waals surface area contributed by atoms with Gasteiger partial charge in [-0.15, -0.1) is 0 Å². The smallest absolute Gasteiger partial charge is 0.292 e. The Hall–Kier alpha value is -1.12. The minimum atomic E-state index is 0.375. The second-order valence-electron chi connectivity index (χ2n) is 1.93. The van der Waals surface area contributed by atoms with E-state index in [-0.39, 0.29) is 0 Å². The summed E-state index contributed by atoms with van der Waals surface area (Å²) in [5.41, 5.74) is 1.71. The first-order chi connectivity index (χ1) is 5.09. The van der Waals surface area contributed by atoms with Gasteiger partial charge in [0, 0.05) is 5.71 Å². The number of allylic oxidation sites excluding steroid dienone is 2. The van der Waals surface area contributed by atoms with E-state index in [1.54, 1.807) is 6.92 Å². The van der Waals surface area contributed by atoms with Gasteiger partial charge in [0.25, 0.3) is 6.47 Å². The average molecular weight is 157 g/mol. The molecule has 0 aromatic rings. The zero-order valence-electron chi connectivity index (χ0n) is 7.47. The van der Waals surface area contributed by atoms with Gasteiger partial charge < -0.3 is 10.1 Å². The summed E-state index contributed by atoms with van der Waals surface area (Å²) in [7, 11) is 1.31. The van der Waals surface area contributed by atoms with Crippen LogP contribution in [-0.2, 0) is 9.53 Å². The molecule has 0 aliphatic carbocycles. The monoisotopic (exact) mass is 157 g/mol. The standard InChI is InChI=1S/C6H11N.C2H4O2/c1-4-5(2)6(3)7;1-4-2-3/h4,7H,1-3H3;2H,1H3/b5-4+,7-6?;. The lowest BCUT2D eigenvalue weighted by molar-refractivity contribution is -0.126. The summed E-state index contributed by atoms with van der Waals surface area (Å²) >= 11 is 0. The van der Waals surface area contributed by atoms with Crippen LogP contribution >= 0.6 is 0 Å². The van der Waals surface area contributed by atoms with Gasteiger partial charge in [0.05, 0.1) is 7.11 Å². The number of methoxy groups -OCH3 is 1. The molecule has 0 rings (SSSR count). The van der Waals surface area contributed by atoms with Gasteiger partial charge in [-0.25, -0.2) is 0 Å². The first-order valence-corrected chi connectivity index (χ1v) is 3.25. The Labute approximate surface area is 67.6 Å². The van der Waals surface area contributed by atoms with Gasteiger partial charge in [-0.2, -0.15) is 0 Å². The molecule has 0 saturated heterocycles. The van der Waals surface area contributed by atoms with Crippen LogP contribution in [0.3, 0.4) is 0 Å². The largest absolute Gasteiger partial charge is 0.471 e. The van der Waals surface area contributed by atoms with Gasteiger partial charge in [-0.05, 0) is 26.3 Å². The van der Waals surface area contributed by atoms with Gasteiger partial charge in [0.15, 0.2) is 0 Å². The molecule has 0 fully saturated rings. The van der Waals surface area contributed by atoms with E-state index in [1.807, 2.05) is 19.9 Å². The molecule has 0 aliphatic heterocycles. The van der Waals surface area contributed by atoms with Crippen molar-refractivity contribution in [3.63, 3.8) is 0 Å². The van der Waals surface area contributed by atoms with Crippen molar-refractivity contribution in [2.24, 2.45) is 0 Å². The lowest BCUT2D eigenvalue weighted by atomic mass is 10.2. The predicted octanol–water partition coefficient (Wildman–Crippen LogP) is 1.78. The highest BCUT2D eigenvalue weighted by molar-refractivity contribution is 5.94. The van der Waals surface area contributed by atoms with Crippen LogP contribution in [0, 0.1) is 5.41 Å². The molecule has 0 spiro atoms. The first kappa shape index (κ1) is 12.5. The normalized spacial score (nSPS) is 9.27. The molecule has 0 saturated carbocycles. The molecule has 3 heteroatoms. The number of hydrogen-bond donors (Lipinski definition) is 1. The fraction of sp³-hybridized carbons (Fsp3) is 0.500. The molecule has 0 aromatic carbocycles. The van der Waals surface area contributed by atoms with Crippen LogP contribution in [0.2, 0.25) is 0 Å². The Morgan fingerprint density at radius 1 is 1.45 bits per heavy atom. The highest BCUT2D eigenvalue weighted by Gasteiger charge is 1.84. The topological polar surface area (TPSA) is 50.1 Å². The summed E-state index contributed by atoms with van der Waals surface area (Å²) in [6, 6.07) is 0. The SMILES string of the molecule is C/C=C(\C)C(C)=N.COC=O. The molecule has 64 valence electrons. The summed E-state index contributed by atoms with van der Waals surface area (Å²) in [4.78, 5) is 8.95. The van der Waals surface area contributed by atoms with Crippen molar-refractivity contribution in [3.05, 3.63) is 11.6 Å². The average Bonchev–Trinajstić information content (AvgIpc) is 2.03. The maximum Gasteiger partial charge on any atom is 0.292 e. The predicted molar refractivity (Wildman–Crippen MR) is 45.9 cm³/mol. The van der Waals surface area contributed by atoms with Gasteiger partial charge in [-0.1, -0.05) is 6.08 Å². The molecule has 0 aliphatic rings. The van der Waals surface area contributed by atoms with E-state index in [2.05, 4.69) is 4.74 Å². The molecule has 1 N–H and O–H groups in total. The molecule has 3 nitrogen and oxygen atoms in total. The fourth-order valence-corrected chi connectivity index (χ4v) is 0.217. The van der Waals surface area contributed by atoms with Crippen LogP contribution in [-0.4, -0.2) is 19.3 Å². The van der Waals surface area contributed by atoms with Gasteiger partial charge in [-0.3, -0.25) is 4.79 Å². The molecule has 0 aromatic heterocycles. The highest BCUT2D eigenvalue weighted by Crippen LogP contribution is 1.90. The van der Waals surface area contributed by atoms with E-state index in [0.29, 0.717) is 12.2 Å². The second-order valence-corrected chi connectivity index (χ2v) is 1.93. The van der Waals surface area contributed by atoms with E-state index in [1.165, 1.54) is 7.11 Å². The van der Waals surface area contributed by atoms with Crippen molar-refractivity contribution < 1.29 is 9.53 Å². The molecule has 0 heterocycles. The molecule has 0 atom stereocenters. The lowest BCUT2D eigenvalue weighted by Gasteiger charge is -1.89. The first-order valence-electron chi connectivity index (χ1n) is 3.25. The van der Waals surface area contributed by atoms with Crippen LogP contribution in [0.15, 0.2) is 11.6 Å². The van der Waals surface area contributed by atoms with Gasteiger partial charge in [0.2, 0.25) is 0 Å². The van der Waals surface area contributed by atoms with Crippen LogP contribution in [0.1, 0.15) is 20.8 Å². The molecular formula is C8H15NO2. The van der Waals surface area contributed by atoms with E-state index in [9.17, 15) is 0 Å². The zero-order chi connectivity index (χ0) is 9.28. The van der Waals surface area contributed by atoms with E-state index in [0.717, 1.165) is 5.57 Å². The van der Waals surface area contributed by atoms with Crippen molar-refractivity contribution in [1.29, 1.82) is 5.41 Å². The second kappa shape index (κ2) is 8.88. The number of rotatable bonds is 2. The molecule has 0 radical (unpaired) electrons. The number of carbonyl (C=O) groups is 1. The van der Waals surface area contributed by atoms with E-state index >= 15 is 0 Å². The Bertz CT molecular complexity index is 150. The maximum atomic E-state index is 8.95. The van der Waals surface area contributed by atoms with Crippen molar-refractivity contribution >= 4 is 12.2 Å². The minimum absolute atomic E-state index is 0.375. The van der Waals surface area contributed by atoms with Crippen molar-refractivity contribution in [1.82, 2.24) is 0 Å². The van der Waals surface area contributed by atoms with Crippen molar-refractivity contribution in [2.75, 3.05) is 7.11 Å². The third-order valence-electron chi connectivity index (χ3n) is 1.12. The molecule has 0 amide bonds.